The van der Waals surface area contributed by atoms with Crippen molar-refractivity contribution in [2.24, 2.45) is 5.92 Å². The quantitative estimate of drug-likeness (QED) is 0.826. The minimum atomic E-state index is 0.470. The van der Waals surface area contributed by atoms with E-state index < -0.39 is 0 Å². The van der Waals surface area contributed by atoms with Crippen molar-refractivity contribution >= 4 is 22.4 Å². The molecule has 0 saturated carbocycles. The molecule has 102 valence electrons. The van der Waals surface area contributed by atoms with Crippen molar-refractivity contribution < 1.29 is 4.74 Å². The highest BCUT2D eigenvalue weighted by Gasteiger charge is 2.16. The van der Waals surface area contributed by atoms with Gasteiger partial charge in [0.1, 0.15) is 0 Å². The summed E-state index contributed by atoms with van der Waals surface area (Å²) in [6, 6.07) is 0. The van der Waals surface area contributed by atoms with E-state index in [1.54, 1.807) is 7.11 Å². The van der Waals surface area contributed by atoms with Gasteiger partial charge in [-0.25, -0.2) is 0 Å². The first-order valence-electron chi connectivity index (χ1n) is 6.46. The van der Waals surface area contributed by atoms with Gasteiger partial charge in [-0.2, -0.15) is 4.37 Å². The van der Waals surface area contributed by atoms with Crippen molar-refractivity contribution in [3.63, 3.8) is 0 Å². The Bertz CT molecular complexity index is 376. The van der Waals surface area contributed by atoms with Crippen LogP contribution >= 0.6 is 11.5 Å². The zero-order valence-corrected chi connectivity index (χ0v) is 11.9. The molecule has 1 aliphatic rings. The van der Waals surface area contributed by atoms with E-state index in [-0.39, 0.29) is 0 Å². The molecule has 1 unspecified atom stereocenters. The second-order valence-electron chi connectivity index (χ2n) is 4.92. The summed E-state index contributed by atoms with van der Waals surface area (Å²) < 4.78 is 9.32. The van der Waals surface area contributed by atoms with Crippen molar-refractivity contribution in [3.8, 4) is 5.75 Å². The Hall–Kier alpha value is -1.01. The lowest BCUT2D eigenvalue weighted by molar-refractivity contribution is 0.294. The van der Waals surface area contributed by atoms with E-state index in [0.29, 0.717) is 17.5 Å². The van der Waals surface area contributed by atoms with E-state index in [0.717, 1.165) is 18.1 Å². The highest BCUT2D eigenvalue weighted by atomic mass is 32.1. The van der Waals surface area contributed by atoms with E-state index in [2.05, 4.69) is 21.5 Å². The molecule has 1 aromatic heterocycles. The Morgan fingerprint density at radius 2 is 2.22 bits per heavy atom. The largest absolute Gasteiger partial charge is 0.490 e. The fourth-order valence-electron chi connectivity index (χ4n) is 2.34. The molecular weight excluding hydrogens is 248 g/mol. The molecule has 1 saturated heterocycles. The molecule has 18 heavy (non-hydrogen) atoms. The van der Waals surface area contributed by atoms with E-state index in [1.165, 1.54) is 37.5 Å². The summed E-state index contributed by atoms with van der Waals surface area (Å²) in [5.74, 6) is 1.75. The maximum absolute atomic E-state index is 5.72. The first-order valence-corrected chi connectivity index (χ1v) is 7.23. The molecule has 1 atom stereocenters. The number of hydrogen-bond acceptors (Lipinski definition) is 6. The molecule has 0 aromatic carbocycles. The van der Waals surface area contributed by atoms with E-state index in [4.69, 9.17) is 10.5 Å². The molecule has 2 rings (SSSR count). The van der Waals surface area contributed by atoms with Gasteiger partial charge in [-0.3, -0.25) is 0 Å². The normalized spacial score (nSPS) is 17.9. The number of nitrogen functional groups attached to an aromatic ring is 1. The third-order valence-corrected chi connectivity index (χ3v) is 4.06. The van der Waals surface area contributed by atoms with E-state index in [9.17, 15) is 0 Å². The second kappa shape index (κ2) is 6.24. The highest BCUT2D eigenvalue weighted by Crippen LogP contribution is 2.34. The van der Waals surface area contributed by atoms with E-state index in [1.807, 2.05) is 0 Å². The van der Waals surface area contributed by atoms with Crippen molar-refractivity contribution in [3.05, 3.63) is 0 Å². The summed E-state index contributed by atoms with van der Waals surface area (Å²) in [6.45, 7) is 6.85. The lowest BCUT2D eigenvalue weighted by atomic mass is 10.1. The van der Waals surface area contributed by atoms with Crippen LogP contribution in [0.4, 0.5) is 10.8 Å². The molecule has 3 N–H and O–H groups in total. The molecule has 0 radical (unpaired) electrons. The van der Waals surface area contributed by atoms with Crippen molar-refractivity contribution in [2.75, 3.05) is 44.3 Å². The SMILES string of the molecule is COc1c(N)nsc1NCC(C)CN1CCCC1. The number of aromatic nitrogens is 1. The predicted molar refractivity (Wildman–Crippen MR) is 76.4 cm³/mol. The number of ether oxygens (including phenoxy) is 1. The van der Waals surface area contributed by atoms with Gasteiger partial charge in [-0.1, -0.05) is 6.92 Å². The van der Waals surface area contributed by atoms with Gasteiger partial charge >= 0.3 is 0 Å². The first-order chi connectivity index (χ1) is 8.70. The first kappa shape index (κ1) is 13.4. The number of nitrogens with one attached hydrogen (secondary N) is 1. The molecule has 5 nitrogen and oxygen atoms in total. The summed E-state index contributed by atoms with van der Waals surface area (Å²) in [6.07, 6.45) is 2.69. The molecular formula is C12H22N4OS. The molecule has 0 bridgehead atoms. The van der Waals surface area contributed by atoms with Crippen LogP contribution in [0.15, 0.2) is 0 Å². The third kappa shape index (κ3) is 3.26. The van der Waals surface area contributed by atoms with Crippen LogP contribution in [-0.4, -0.2) is 42.6 Å². The molecule has 1 fully saturated rings. The van der Waals surface area contributed by atoms with Crippen LogP contribution in [0.2, 0.25) is 0 Å². The monoisotopic (exact) mass is 270 g/mol. The summed E-state index contributed by atoms with van der Waals surface area (Å²) in [4.78, 5) is 2.53. The standard InChI is InChI=1S/C12H22N4OS/c1-9(8-16-5-3-4-6-16)7-14-12-10(17-2)11(13)15-18-12/h9,14H,3-8H2,1-2H3,(H2,13,15). The Morgan fingerprint density at radius 3 is 2.89 bits per heavy atom. The maximum atomic E-state index is 5.72. The molecule has 2 heterocycles. The average Bonchev–Trinajstić information content (AvgIpc) is 2.96. The number of likely N-dealkylation sites (tertiary alicyclic amines) is 1. The van der Waals surface area contributed by atoms with Gasteiger partial charge in [0, 0.05) is 13.1 Å². The number of anilines is 2. The average molecular weight is 270 g/mol. The third-order valence-electron chi connectivity index (χ3n) is 3.26. The lowest BCUT2D eigenvalue weighted by Gasteiger charge is -2.20. The number of methoxy groups -OCH3 is 1. The zero-order valence-electron chi connectivity index (χ0n) is 11.1. The van der Waals surface area contributed by atoms with Crippen LogP contribution in [0.1, 0.15) is 19.8 Å². The second-order valence-corrected chi connectivity index (χ2v) is 5.70. The number of nitrogens with two attached hydrogens (primary N) is 1. The Labute approximate surface area is 112 Å². The summed E-state index contributed by atoms with van der Waals surface area (Å²) >= 11 is 1.36. The Kier molecular flexibility index (Phi) is 4.66. The lowest BCUT2D eigenvalue weighted by Crippen LogP contribution is -2.28. The van der Waals surface area contributed by atoms with Crippen LogP contribution in [0.25, 0.3) is 0 Å². The molecule has 1 aliphatic heterocycles. The Morgan fingerprint density at radius 1 is 1.50 bits per heavy atom. The molecule has 6 heteroatoms. The fraction of sp³-hybridized carbons (Fsp3) is 0.750. The molecule has 1 aromatic rings. The number of rotatable bonds is 6. The predicted octanol–water partition coefficient (Wildman–Crippen LogP) is 1.88. The summed E-state index contributed by atoms with van der Waals surface area (Å²) in [7, 11) is 1.62. The minimum Gasteiger partial charge on any atom is -0.490 e. The van der Waals surface area contributed by atoms with Gasteiger partial charge < -0.3 is 20.7 Å². The van der Waals surface area contributed by atoms with Gasteiger partial charge in [0.15, 0.2) is 16.6 Å². The summed E-state index contributed by atoms with van der Waals surface area (Å²) in [5, 5.41) is 4.32. The van der Waals surface area contributed by atoms with Gasteiger partial charge in [0.2, 0.25) is 0 Å². The topological polar surface area (TPSA) is 63.4 Å². The number of nitrogens with zero attached hydrogens (tertiary/aromatic N) is 2. The van der Waals surface area contributed by atoms with Gasteiger partial charge in [-0.05, 0) is 43.4 Å². The van der Waals surface area contributed by atoms with Crippen LogP contribution < -0.4 is 15.8 Å². The van der Waals surface area contributed by atoms with Crippen LogP contribution in [-0.2, 0) is 0 Å². The van der Waals surface area contributed by atoms with Gasteiger partial charge in [0.05, 0.1) is 7.11 Å². The van der Waals surface area contributed by atoms with Crippen molar-refractivity contribution in [1.82, 2.24) is 9.27 Å². The van der Waals surface area contributed by atoms with Crippen molar-refractivity contribution in [2.45, 2.75) is 19.8 Å². The van der Waals surface area contributed by atoms with Crippen molar-refractivity contribution in [1.29, 1.82) is 0 Å². The number of hydrogen-bond donors (Lipinski definition) is 2. The Balaban J connectivity index is 1.79. The van der Waals surface area contributed by atoms with Gasteiger partial charge in [-0.15, -0.1) is 0 Å². The van der Waals surface area contributed by atoms with Crippen LogP contribution in [0.5, 0.6) is 5.75 Å². The van der Waals surface area contributed by atoms with Crippen LogP contribution in [0, 0.1) is 5.92 Å². The highest BCUT2D eigenvalue weighted by molar-refractivity contribution is 7.11. The molecule has 0 spiro atoms. The van der Waals surface area contributed by atoms with Crippen LogP contribution in [0.3, 0.4) is 0 Å². The zero-order chi connectivity index (χ0) is 13.0. The fourth-order valence-corrected chi connectivity index (χ4v) is 3.03. The minimum absolute atomic E-state index is 0.470. The van der Waals surface area contributed by atoms with Gasteiger partial charge in [0.25, 0.3) is 0 Å². The summed E-state index contributed by atoms with van der Waals surface area (Å²) in [5.41, 5.74) is 5.72. The molecule has 0 aliphatic carbocycles. The maximum Gasteiger partial charge on any atom is 0.197 e. The van der Waals surface area contributed by atoms with E-state index >= 15 is 0 Å². The smallest absolute Gasteiger partial charge is 0.197 e. The molecule has 0 amide bonds.